The number of carbonyl (C=O) groups excluding carboxylic acids is 1. The molecule has 0 aromatic heterocycles. The van der Waals surface area contributed by atoms with Crippen molar-refractivity contribution < 1.29 is 19.0 Å². The van der Waals surface area contributed by atoms with Crippen molar-refractivity contribution in [2.24, 2.45) is 4.99 Å². The van der Waals surface area contributed by atoms with Gasteiger partial charge in [0.05, 0.1) is 12.8 Å². The number of nitrogens with zero attached hydrogens (tertiary/aromatic N) is 1. The second-order valence-corrected chi connectivity index (χ2v) is 5.67. The molecular formula is C22H19NO4. The van der Waals surface area contributed by atoms with E-state index in [2.05, 4.69) is 4.99 Å². The average Bonchev–Trinajstić information content (AvgIpc) is 2.68. The predicted molar refractivity (Wildman–Crippen MR) is 105 cm³/mol. The summed E-state index contributed by atoms with van der Waals surface area (Å²) in [6, 6.07) is 22.3. The minimum absolute atomic E-state index is 0.379. The van der Waals surface area contributed by atoms with Crippen molar-refractivity contribution in [3.63, 3.8) is 0 Å². The summed E-state index contributed by atoms with van der Waals surface area (Å²) in [5.41, 5.74) is 1.62. The zero-order valence-electron chi connectivity index (χ0n) is 15.1. The molecule has 3 aromatic rings. The number of hydrogen-bond donors (Lipinski definition) is 0. The van der Waals surface area contributed by atoms with Crippen molar-refractivity contribution in [1.82, 2.24) is 0 Å². The van der Waals surface area contributed by atoms with Crippen LogP contribution >= 0.6 is 0 Å². The maximum Gasteiger partial charge on any atom is 0.308 e. The smallest absolute Gasteiger partial charge is 0.308 e. The molecule has 0 amide bonds. The lowest BCUT2D eigenvalue weighted by Crippen LogP contribution is -2.03. The van der Waals surface area contributed by atoms with Crippen molar-refractivity contribution in [3.8, 4) is 23.0 Å². The van der Waals surface area contributed by atoms with Crippen LogP contribution in [0.3, 0.4) is 0 Å². The van der Waals surface area contributed by atoms with E-state index in [-0.39, 0.29) is 0 Å². The summed E-state index contributed by atoms with van der Waals surface area (Å²) >= 11 is 0. The SMILES string of the molecule is COc1cc(C=Nc2ccc(Oc3ccccc3)cc2)ccc1OC(C)=O. The van der Waals surface area contributed by atoms with Gasteiger partial charge < -0.3 is 14.2 Å². The fourth-order valence-electron chi connectivity index (χ4n) is 2.38. The van der Waals surface area contributed by atoms with E-state index in [1.54, 1.807) is 24.4 Å². The first-order valence-corrected chi connectivity index (χ1v) is 8.37. The topological polar surface area (TPSA) is 57.1 Å². The van der Waals surface area contributed by atoms with Crippen LogP contribution in [0.2, 0.25) is 0 Å². The zero-order valence-corrected chi connectivity index (χ0v) is 15.1. The van der Waals surface area contributed by atoms with Gasteiger partial charge in [-0.1, -0.05) is 18.2 Å². The highest BCUT2D eigenvalue weighted by atomic mass is 16.6. The second-order valence-electron chi connectivity index (χ2n) is 5.67. The molecule has 0 fully saturated rings. The lowest BCUT2D eigenvalue weighted by molar-refractivity contribution is -0.132. The first-order valence-electron chi connectivity index (χ1n) is 8.37. The summed E-state index contributed by atoms with van der Waals surface area (Å²) in [5.74, 6) is 1.99. The number of ether oxygens (including phenoxy) is 3. The quantitative estimate of drug-likeness (QED) is 0.345. The molecule has 27 heavy (non-hydrogen) atoms. The van der Waals surface area contributed by atoms with Gasteiger partial charge >= 0.3 is 5.97 Å². The Morgan fingerprint density at radius 1 is 0.889 bits per heavy atom. The van der Waals surface area contributed by atoms with Gasteiger partial charge in [0.1, 0.15) is 11.5 Å². The third kappa shape index (κ3) is 5.19. The van der Waals surface area contributed by atoms with Crippen LogP contribution in [0.4, 0.5) is 5.69 Å². The van der Waals surface area contributed by atoms with E-state index in [4.69, 9.17) is 14.2 Å². The maximum atomic E-state index is 11.1. The van der Waals surface area contributed by atoms with Crippen molar-refractivity contribution in [2.45, 2.75) is 6.92 Å². The van der Waals surface area contributed by atoms with Gasteiger partial charge in [-0.2, -0.15) is 0 Å². The molecule has 3 aromatic carbocycles. The second kappa shape index (κ2) is 8.67. The Balaban J connectivity index is 1.69. The van der Waals surface area contributed by atoms with Crippen LogP contribution in [0, 0.1) is 0 Å². The predicted octanol–water partition coefficient (Wildman–Crippen LogP) is 5.16. The molecule has 0 spiro atoms. The van der Waals surface area contributed by atoms with E-state index in [0.29, 0.717) is 11.5 Å². The molecule has 0 N–H and O–H groups in total. The van der Waals surface area contributed by atoms with Crippen molar-refractivity contribution in [3.05, 3.63) is 78.4 Å². The number of esters is 1. The van der Waals surface area contributed by atoms with Crippen LogP contribution in [0.25, 0.3) is 0 Å². The lowest BCUT2D eigenvalue weighted by atomic mass is 10.2. The van der Waals surface area contributed by atoms with E-state index in [0.717, 1.165) is 22.7 Å². The number of benzene rings is 3. The molecule has 0 heterocycles. The Labute approximate surface area is 157 Å². The van der Waals surface area contributed by atoms with E-state index < -0.39 is 5.97 Å². The van der Waals surface area contributed by atoms with Crippen LogP contribution in [-0.2, 0) is 4.79 Å². The number of methoxy groups -OCH3 is 1. The summed E-state index contributed by atoms with van der Waals surface area (Å²) in [6.45, 7) is 1.35. The molecule has 0 bridgehead atoms. The molecule has 0 atom stereocenters. The number of carbonyl (C=O) groups is 1. The number of aliphatic imine (C=N–C) groups is 1. The van der Waals surface area contributed by atoms with Crippen molar-refractivity contribution in [1.29, 1.82) is 0 Å². The fraction of sp³-hybridized carbons (Fsp3) is 0.0909. The number of hydrogen-bond acceptors (Lipinski definition) is 5. The van der Waals surface area contributed by atoms with Gasteiger partial charge in [0.25, 0.3) is 0 Å². The lowest BCUT2D eigenvalue weighted by Gasteiger charge is -2.08. The highest BCUT2D eigenvalue weighted by Gasteiger charge is 2.07. The molecule has 0 unspecified atom stereocenters. The Hall–Kier alpha value is -3.60. The third-order valence-electron chi connectivity index (χ3n) is 3.62. The van der Waals surface area contributed by atoms with Gasteiger partial charge in [-0.15, -0.1) is 0 Å². The number of para-hydroxylation sites is 1. The molecule has 136 valence electrons. The Bertz CT molecular complexity index is 934. The molecule has 0 aliphatic heterocycles. The van der Waals surface area contributed by atoms with E-state index in [9.17, 15) is 4.79 Å². The van der Waals surface area contributed by atoms with Crippen LogP contribution < -0.4 is 14.2 Å². The highest BCUT2D eigenvalue weighted by molar-refractivity contribution is 5.83. The summed E-state index contributed by atoms with van der Waals surface area (Å²) in [6.07, 6.45) is 1.72. The van der Waals surface area contributed by atoms with Crippen LogP contribution in [-0.4, -0.2) is 19.3 Å². The van der Waals surface area contributed by atoms with Crippen molar-refractivity contribution >= 4 is 17.9 Å². The largest absolute Gasteiger partial charge is 0.493 e. The Morgan fingerprint density at radius 3 is 2.26 bits per heavy atom. The molecule has 5 nitrogen and oxygen atoms in total. The summed E-state index contributed by atoms with van der Waals surface area (Å²) in [5, 5.41) is 0. The van der Waals surface area contributed by atoms with Crippen LogP contribution in [0.1, 0.15) is 12.5 Å². The fourth-order valence-corrected chi connectivity index (χ4v) is 2.38. The standard InChI is InChI=1S/C22H19NO4/c1-16(24)26-21-13-8-17(14-22(21)25-2)15-23-18-9-11-20(12-10-18)27-19-6-4-3-5-7-19/h3-15H,1-2H3. The Morgan fingerprint density at radius 2 is 1.59 bits per heavy atom. The van der Waals surface area contributed by atoms with E-state index >= 15 is 0 Å². The summed E-state index contributed by atoms with van der Waals surface area (Å²) in [7, 11) is 1.52. The van der Waals surface area contributed by atoms with Crippen LogP contribution in [0.5, 0.6) is 23.0 Å². The van der Waals surface area contributed by atoms with E-state index in [1.807, 2.05) is 54.6 Å². The first kappa shape index (κ1) is 18.2. The highest BCUT2D eigenvalue weighted by Crippen LogP contribution is 2.28. The molecule has 0 saturated carbocycles. The first-order chi connectivity index (χ1) is 13.1. The van der Waals surface area contributed by atoms with Gasteiger partial charge in [0.2, 0.25) is 0 Å². The molecule has 3 rings (SSSR count). The molecule has 0 radical (unpaired) electrons. The van der Waals surface area contributed by atoms with E-state index in [1.165, 1.54) is 14.0 Å². The minimum atomic E-state index is -0.396. The van der Waals surface area contributed by atoms with Gasteiger partial charge in [-0.3, -0.25) is 9.79 Å². The van der Waals surface area contributed by atoms with Gasteiger partial charge in [0.15, 0.2) is 11.5 Å². The summed E-state index contributed by atoms with van der Waals surface area (Å²) < 4.78 is 16.1. The van der Waals surface area contributed by atoms with Gasteiger partial charge in [-0.25, -0.2) is 0 Å². The van der Waals surface area contributed by atoms with Crippen molar-refractivity contribution in [2.75, 3.05) is 7.11 Å². The third-order valence-corrected chi connectivity index (χ3v) is 3.62. The van der Waals surface area contributed by atoms with Gasteiger partial charge in [0, 0.05) is 13.1 Å². The average molecular weight is 361 g/mol. The molecule has 0 aliphatic rings. The molecule has 0 aliphatic carbocycles. The molecule has 0 saturated heterocycles. The molecule has 5 heteroatoms. The number of rotatable bonds is 6. The molecular weight excluding hydrogens is 342 g/mol. The van der Waals surface area contributed by atoms with Crippen LogP contribution in [0.15, 0.2) is 77.8 Å². The van der Waals surface area contributed by atoms with Gasteiger partial charge in [-0.05, 0) is 60.2 Å². The monoisotopic (exact) mass is 361 g/mol. The normalized spacial score (nSPS) is 10.6. The summed E-state index contributed by atoms with van der Waals surface area (Å²) in [4.78, 5) is 15.6. The Kier molecular flexibility index (Phi) is 5.84. The maximum absolute atomic E-state index is 11.1. The zero-order chi connectivity index (χ0) is 19.1. The minimum Gasteiger partial charge on any atom is -0.493 e.